The third-order valence-corrected chi connectivity index (χ3v) is 7.39. The van der Waals surface area contributed by atoms with Crippen LogP contribution < -0.4 is 5.32 Å². The Kier molecular flexibility index (Phi) is 8.09. The van der Waals surface area contributed by atoms with Crippen LogP contribution in [0, 0.1) is 0 Å². The molecular weight excluding hydrogens is 408 g/mol. The van der Waals surface area contributed by atoms with Crippen LogP contribution in [0.3, 0.4) is 0 Å². The normalized spacial score (nSPS) is 23.5. The Morgan fingerprint density at radius 3 is 2.73 bits per heavy atom. The first-order valence-corrected chi connectivity index (χ1v) is 12.3. The Hall–Kier alpha value is -1.69. The number of hydrogen-bond acceptors (Lipinski definition) is 7. The Morgan fingerprint density at radius 1 is 1.33 bits per heavy atom. The number of sulfonamides is 1. The van der Waals surface area contributed by atoms with Crippen molar-refractivity contribution in [2.75, 3.05) is 59.0 Å². The highest BCUT2D eigenvalue weighted by molar-refractivity contribution is 7.88. The van der Waals surface area contributed by atoms with Crippen molar-refractivity contribution in [1.82, 2.24) is 24.6 Å². The summed E-state index contributed by atoms with van der Waals surface area (Å²) >= 11 is 0. The van der Waals surface area contributed by atoms with Gasteiger partial charge in [-0.25, -0.2) is 8.42 Å². The summed E-state index contributed by atoms with van der Waals surface area (Å²) in [4.78, 5) is 9.43. The number of rotatable bonds is 7. The third-order valence-electron chi connectivity index (χ3n) is 5.58. The van der Waals surface area contributed by atoms with Crippen molar-refractivity contribution in [3.8, 4) is 0 Å². The summed E-state index contributed by atoms with van der Waals surface area (Å²) in [5.41, 5.74) is 0.429. The maximum atomic E-state index is 12.6. The molecule has 2 saturated heterocycles. The number of morpholine rings is 1. The molecule has 1 N–H and O–H groups in total. The van der Waals surface area contributed by atoms with Crippen molar-refractivity contribution in [3.63, 3.8) is 0 Å². The maximum Gasteiger partial charge on any atom is 0.220 e. The second-order valence-corrected chi connectivity index (χ2v) is 9.81. The molecule has 2 aliphatic rings. The minimum absolute atomic E-state index is 0.132. The van der Waals surface area contributed by atoms with E-state index in [1.807, 2.05) is 6.92 Å². The van der Waals surface area contributed by atoms with Gasteiger partial charge in [0.25, 0.3) is 0 Å². The number of nitrogens with zero attached hydrogens (tertiary/aromatic N) is 5. The zero-order valence-electron chi connectivity index (χ0n) is 18.2. The number of guanidine groups is 1. The van der Waals surface area contributed by atoms with Gasteiger partial charge in [0.1, 0.15) is 12.0 Å². The lowest BCUT2D eigenvalue weighted by Gasteiger charge is -2.38. The predicted octanol–water partition coefficient (Wildman–Crippen LogP) is 0.197. The first-order chi connectivity index (χ1) is 14.4. The van der Waals surface area contributed by atoms with Crippen molar-refractivity contribution >= 4 is 16.0 Å². The molecule has 30 heavy (non-hydrogen) atoms. The molecule has 3 heterocycles. The first kappa shape index (κ1) is 23.0. The van der Waals surface area contributed by atoms with E-state index >= 15 is 0 Å². The predicted molar refractivity (Wildman–Crippen MR) is 115 cm³/mol. The van der Waals surface area contributed by atoms with Crippen LogP contribution >= 0.6 is 0 Å². The van der Waals surface area contributed by atoms with Crippen LogP contribution in [-0.4, -0.2) is 105 Å². The highest BCUT2D eigenvalue weighted by Crippen LogP contribution is 2.14. The van der Waals surface area contributed by atoms with Crippen LogP contribution in [0.15, 0.2) is 21.8 Å². The van der Waals surface area contributed by atoms with Gasteiger partial charge in [-0.15, -0.1) is 0 Å². The summed E-state index contributed by atoms with van der Waals surface area (Å²) < 4.78 is 37.1. The maximum absolute atomic E-state index is 12.6. The standard InChI is InChI=1S/C19H34N6O4S/c1-4-20-19(21-13-16(2)25-10-12-28-14-17(25)3)23-6-8-24(9-7-23)30(26,27)15-18-5-11-29-22-18/h5,11,16-17H,4,6-10,12-15H2,1-3H3,(H,20,21). The van der Waals surface area contributed by atoms with Crippen LogP contribution in [0.2, 0.25) is 0 Å². The van der Waals surface area contributed by atoms with E-state index in [0.717, 1.165) is 32.3 Å². The lowest BCUT2D eigenvalue weighted by molar-refractivity contribution is -0.0166. The minimum atomic E-state index is -3.41. The van der Waals surface area contributed by atoms with Gasteiger partial charge in [0, 0.05) is 57.4 Å². The smallest absolute Gasteiger partial charge is 0.220 e. The molecule has 170 valence electrons. The van der Waals surface area contributed by atoms with Crippen LogP contribution in [0.25, 0.3) is 0 Å². The van der Waals surface area contributed by atoms with Crippen molar-refractivity contribution in [2.45, 2.75) is 38.6 Å². The monoisotopic (exact) mass is 442 g/mol. The quantitative estimate of drug-likeness (QED) is 0.472. The van der Waals surface area contributed by atoms with Crippen molar-refractivity contribution in [3.05, 3.63) is 18.0 Å². The van der Waals surface area contributed by atoms with Gasteiger partial charge < -0.3 is 19.5 Å². The van der Waals surface area contributed by atoms with Crippen molar-refractivity contribution in [2.24, 2.45) is 4.99 Å². The van der Waals surface area contributed by atoms with Crippen LogP contribution in [0.1, 0.15) is 26.5 Å². The largest absolute Gasteiger partial charge is 0.379 e. The fraction of sp³-hybridized carbons (Fsp3) is 0.789. The zero-order valence-corrected chi connectivity index (χ0v) is 19.0. The summed E-state index contributed by atoms with van der Waals surface area (Å²) in [5, 5.41) is 7.07. The molecule has 0 bridgehead atoms. The highest BCUT2D eigenvalue weighted by Gasteiger charge is 2.29. The van der Waals surface area contributed by atoms with E-state index in [2.05, 4.69) is 34.1 Å². The summed E-state index contributed by atoms with van der Waals surface area (Å²) in [6, 6.07) is 2.30. The Balaban J connectivity index is 1.56. The van der Waals surface area contributed by atoms with E-state index in [-0.39, 0.29) is 5.75 Å². The van der Waals surface area contributed by atoms with Crippen LogP contribution in [0.5, 0.6) is 0 Å². The van der Waals surface area contributed by atoms with Crippen LogP contribution in [0.4, 0.5) is 0 Å². The average molecular weight is 443 g/mol. The van der Waals surface area contributed by atoms with Gasteiger partial charge >= 0.3 is 0 Å². The Labute approximate surface area is 179 Å². The molecule has 0 spiro atoms. The molecule has 2 fully saturated rings. The van der Waals surface area contributed by atoms with Crippen LogP contribution in [-0.2, 0) is 20.5 Å². The Bertz CT molecular complexity index is 777. The molecule has 2 unspecified atom stereocenters. The zero-order chi connectivity index (χ0) is 21.6. The molecule has 11 heteroatoms. The summed E-state index contributed by atoms with van der Waals surface area (Å²) in [5.74, 6) is 0.714. The molecule has 2 aliphatic heterocycles. The van der Waals surface area contributed by atoms with E-state index in [0.29, 0.717) is 50.5 Å². The number of ether oxygens (including phenoxy) is 1. The van der Waals surface area contributed by atoms with E-state index in [1.165, 1.54) is 10.6 Å². The lowest BCUT2D eigenvalue weighted by Crippen LogP contribution is -2.54. The molecule has 3 rings (SSSR count). The second kappa shape index (κ2) is 10.6. The molecule has 0 radical (unpaired) electrons. The molecule has 0 aromatic carbocycles. The van der Waals surface area contributed by atoms with Gasteiger partial charge in [-0.1, -0.05) is 5.16 Å². The molecule has 1 aromatic rings. The van der Waals surface area contributed by atoms with Gasteiger partial charge in [0.15, 0.2) is 5.96 Å². The van der Waals surface area contributed by atoms with Crippen molar-refractivity contribution < 1.29 is 17.7 Å². The van der Waals surface area contributed by atoms with E-state index in [1.54, 1.807) is 6.07 Å². The number of hydrogen-bond donors (Lipinski definition) is 1. The van der Waals surface area contributed by atoms with Gasteiger partial charge in [-0.3, -0.25) is 9.89 Å². The topological polar surface area (TPSA) is 104 Å². The number of nitrogens with one attached hydrogen (secondary N) is 1. The summed E-state index contributed by atoms with van der Waals surface area (Å²) in [6.45, 7) is 12.4. The molecule has 10 nitrogen and oxygen atoms in total. The third kappa shape index (κ3) is 5.93. The number of aliphatic imine (C=N–C) groups is 1. The number of aromatic nitrogens is 1. The average Bonchev–Trinajstić information content (AvgIpc) is 3.23. The van der Waals surface area contributed by atoms with Gasteiger partial charge in [0.05, 0.1) is 25.5 Å². The van der Waals surface area contributed by atoms with Crippen molar-refractivity contribution in [1.29, 1.82) is 0 Å². The second-order valence-electron chi connectivity index (χ2n) is 7.84. The van der Waals surface area contributed by atoms with E-state index in [4.69, 9.17) is 14.3 Å². The summed E-state index contributed by atoms with van der Waals surface area (Å²) in [7, 11) is -3.41. The highest BCUT2D eigenvalue weighted by atomic mass is 32.2. The SMILES string of the molecule is CCNC(=NCC(C)N1CCOCC1C)N1CCN(S(=O)(=O)Cc2ccon2)CC1. The van der Waals surface area contributed by atoms with Gasteiger partial charge in [0.2, 0.25) is 10.0 Å². The molecule has 0 saturated carbocycles. The molecule has 2 atom stereocenters. The minimum Gasteiger partial charge on any atom is -0.379 e. The molecule has 0 amide bonds. The number of piperazine rings is 1. The van der Waals surface area contributed by atoms with Gasteiger partial charge in [-0.05, 0) is 20.8 Å². The molecule has 0 aliphatic carbocycles. The van der Waals surface area contributed by atoms with E-state index in [9.17, 15) is 8.42 Å². The first-order valence-electron chi connectivity index (χ1n) is 10.6. The molecular formula is C19H34N6O4S. The fourth-order valence-electron chi connectivity index (χ4n) is 3.91. The lowest BCUT2D eigenvalue weighted by atomic mass is 10.2. The van der Waals surface area contributed by atoms with E-state index < -0.39 is 10.0 Å². The molecule has 1 aromatic heterocycles. The summed E-state index contributed by atoms with van der Waals surface area (Å²) in [6.07, 6.45) is 1.39. The fourth-order valence-corrected chi connectivity index (χ4v) is 5.34. The Morgan fingerprint density at radius 2 is 2.10 bits per heavy atom. The van der Waals surface area contributed by atoms with Gasteiger partial charge in [-0.2, -0.15) is 4.31 Å².